The molecule has 2 N–H and O–H groups in total. The summed E-state index contributed by atoms with van der Waals surface area (Å²) in [5.41, 5.74) is 1.40. The van der Waals surface area contributed by atoms with Gasteiger partial charge < -0.3 is 10.4 Å². The summed E-state index contributed by atoms with van der Waals surface area (Å²) in [5.74, 6) is -0.927. The molecule has 116 valence electrons. The molecule has 0 aliphatic heterocycles. The van der Waals surface area contributed by atoms with Gasteiger partial charge in [0, 0.05) is 11.1 Å². The summed E-state index contributed by atoms with van der Waals surface area (Å²) in [6.45, 7) is 9.11. The highest BCUT2D eigenvalue weighted by Gasteiger charge is 2.38. The molecule has 0 saturated heterocycles. The Balaban J connectivity index is 2.25. The van der Waals surface area contributed by atoms with Gasteiger partial charge in [-0.05, 0) is 48.3 Å². The summed E-state index contributed by atoms with van der Waals surface area (Å²) < 4.78 is 0. The van der Waals surface area contributed by atoms with Crippen LogP contribution in [0.5, 0.6) is 0 Å². The fourth-order valence-electron chi connectivity index (χ4n) is 3.99. The van der Waals surface area contributed by atoms with Crippen LogP contribution in [0.15, 0.2) is 18.2 Å². The van der Waals surface area contributed by atoms with Crippen LogP contribution in [0.2, 0.25) is 5.02 Å². The first-order valence-corrected chi connectivity index (χ1v) is 7.75. The van der Waals surface area contributed by atoms with E-state index in [0.29, 0.717) is 10.7 Å². The molecule has 0 radical (unpaired) electrons. The number of carboxylic acids is 1. The standard InChI is InChI=1S/C17H24ClNO2/c1-16(2)8-12(9-17(3,4)10-16)19-14-7-11(18)5-6-13(14)15(20)21/h5-7,12,19H,8-10H2,1-4H3,(H,20,21). The molecule has 0 bridgehead atoms. The third kappa shape index (κ3) is 4.13. The van der Waals surface area contributed by atoms with Crippen LogP contribution in [-0.2, 0) is 0 Å². The number of aromatic carboxylic acids is 1. The zero-order chi connectivity index (χ0) is 15.8. The van der Waals surface area contributed by atoms with Gasteiger partial charge in [0.05, 0.1) is 11.3 Å². The zero-order valence-electron chi connectivity index (χ0n) is 13.2. The molecule has 0 unspecified atom stereocenters. The van der Waals surface area contributed by atoms with Crippen LogP contribution in [-0.4, -0.2) is 17.1 Å². The third-order valence-corrected chi connectivity index (χ3v) is 4.36. The molecule has 0 aromatic heterocycles. The van der Waals surface area contributed by atoms with Crippen molar-refractivity contribution in [3.05, 3.63) is 28.8 Å². The molecule has 1 saturated carbocycles. The molecule has 1 aliphatic carbocycles. The van der Waals surface area contributed by atoms with Crippen LogP contribution in [0.3, 0.4) is 0 Å². The van der Waals surface area contributed by atoms with Crippen molar-refractivity contribution in [2.24, 2.45) is 10.8 Å². The van der Waals surface area contributed by atoms with Crippen molar-refractivity contribution in [1.29, 1.82) is 0 Å². The van der Waals surface area contributed by atoms with E-state index in [4.69, 9.17) is 11.6 Å². The van der Waals surface area contributed by atoms with Gasteiger partial charge in [-0.15, -0.1) is 0 Å². The molecular weight excluding hydrogens is 286 g/mol. The van der Waals surface area contributed by atoms with Gasteiger partial charge in [0.1, 0.15) is 0 Å². The van der Waals surface area contributed by atoms with Gasteiger partial charge in [-0.25, -0.2) is 4.79 Å². The van der Waals surface area contributed by atoms with Crippen molar-refractivity contribution in [2.75, 3.05) is 5.32 Å². The van der Waals surface area contributed by atoms with E-state index in [1.54, 1.807) is 18.2 Å². The van der Waals surface area contributed by atoms with E-state index in [9.17, 15) is 9.90 Å². The van der Waals surface area contributed by atoms with Gasteiger partial charge >= 0.3 is 5.97 Å². The summed E-state index contributed by atoms with van der Waals surface area (Å²) in [4.78, 5) is 11.3. The Labute approximate surface area is 131 Å². The number of rotatable bonds is 3. The third-order valence-electron chi connectivity index (χ3n) is 4.13. The number of hydrogen-bond donors (Lipinski definition) is 2. The SMILES string of the molecule is CC1(C)CC(Nc2cc(Cl)ccc2C(=O)O)CC(C)(C)C1. The number of anilines is 1. The molecule has 2 rings (SSSR count). The Kier molecular flexibility index (Phi) is 4.25. The maximum atomic E-state index is 11.3. The molecule has 1 aromatic carbocycles. The molecule has 1 fully saturated rings. The van der Waals surface area contributed by atoms with Crippen molar-refractivity contribution in [3.8, 4) is 0 Å². The smallest absolute Gasteiger partial charge is 0.337 e. The lowest BCUT2D eigenvalue weighted by Crippen LogP contribution is -2.40. The fourth-order valence-corrected chi connectivity index (χ4v) is 4.16. The molecule has 0 spiro atoms. The molecule has 21 heavy (non-hydrogen) atoms. The molecular formula is C17H24ClNO2. The average Bonchev–Trinajstić information content (AvgIpc) is 2.23. The topological polar surface area (TPSA) is 49.3 Å². The minimum absolute atomic E-state index is 0.251. The van der Waals surface area contributed by atoms with E-state index in [2.05, 4.69) is 33.0 Å². The zero-order valence-corrected chi connectivity index (χ0v) is 13.9. The van der Waals surface area contributed by atoms with Crippen LogP contribution in [0, 0.1) is 10.8 Å². The molecule has 1 aliphatic rings. The van der Waals surface area contributed by atoms with E-state index in [1.807, 2.05) is 0 Å². The minimum Gasteiger partial charge on any atom is -0.478 e. The number of carbonyl (C=O) groups is 1. The second-order valence-corrected chi connectivity index (χ2v) is 8.19. The quantitative estimate of drug-likeness (QED) is 0.821. The van der Waals surface area contributed by atoms with Crippen molar-refractivity contribution in [1.82, 2.24) is 0 Å². The lowest BCUT2D eigenvalue weighted by Gasteiger charge is -2.45. The Bertz CT molecular complexity index is 536. The maximum absolute atomic E-state index is 11.3. The van der Waals surface area contributed by atoms with Crippen molar-refractivity contribution >= 4 is 23.3 Å². The van der Waals surface area contributed by atoms with Gasteiger partial charge in [-0.1, -0.05) is 39.3 Å². The van der Waals surface area contributed by atoms with E-state index in [1.165, 1.54) is 6.42 Å². The Morgan fingerprint density at radius 3 is 2.33 bits per heavy atom. The summed E-state index contributed by atoms with van der Waals surface area (Å²) in [7, 11) is 0. The molecule has 1 aromatic rings. The van der Waals surface area contributed by atoms with Crippen LogP contribution >= 0.6 is 11.6 Å². The second kappa shape index (κ2) is 5.53. The van der Waals surface area contributed by atoms with Gasteiger partial charge in [-0.3, -0.25) is 0 Å². The minimum atomic E-state index is -0.927. The summed E-state index contributed by atoms with van der Waals surface area (Å²) in [6.07, 6.45) is 3.24. The van der Waals surface area contributed by atoms with E-state index in [0.717, 1.165) is 12.8 Å². The van der Waals surface area contributed by atoms with Crippen LogP contribution < -0.4 is 5.32 Å². The normalized spacial score (nSPS) is 21.0. The lowest BCUT2D eigenvalue weighted by atomic mass is 9.63. The Morgan fingerprint density at radius 1 is 1.24 bits per heavy atom. The first-order valence-electron chi connectivity index (χ1n) is 7.37. The molecule has 4 heteroatoms. The maximum Gasteiger partial charge on any atom is 0.337 e. The lowest BCUT2D eigenvalue weighted by molar-refractivity contribution is 0.0698. The van der Waals surface area contributed by atoms with Gasteiger partial charge in [0.2, 0.25) is 0 Å². The monoisotopic (exact) mass is 309 g/mol. The number of benzene rings is 1. The first kappa shape index (κ1) is 16.2. The number of hydrogen-bond acceptors (Lipinski definition) is 2. The largest absolute Gasteiger partial charge is 0.478 e. The Hall–Kier alpha value is -1.22. The van der Waals surface area contributed by atoms with Crippen molar-refractivity contribution in [2.45, 2.75) is 53.0 Å². The van der Waals surface area contributed by atoms with Gasteiger partial charge in [0.25, 0.3) is 0 Å². The molecule has 0 atom stereocenters. The number of carboxylic acid groups (broad SMARTS) is 1. The fraction of sp³-hybridized carbons (Fsp3) is 0.588. The molecule has 0 amide bonds. The average molecular weight is 310 g/mol. The van der Waals surface area contributed by atoms with Crippen molar-refractivity contribution in [3.63, 3.8) is 0 Å². The molecule has 0 heterocycles. The highest BCUT2D eigenvalue weighted by atomic mass is 35.5. The summed E-state index contributed by atoms with van der Waals surface area (Å²) >= 11 is 6.02. The number of nitrogens with one attached hydrogen (secondary N) is 1. The highest BCUT2D eigenvalue weighted by Crippen LogP contribution is 2.46. The summed E-state index contributed by atoms with van der Waals surface area (Å²) in [5, 5.41) is 13.3. The Morgan fingerprint density at radius 2 is 1.81 bits per heavy atom. The number of halogens is 1. The summed E-state index contributed by atoms with van der Waals surface area (Å²) in [6, 6.07) is 5.15. The van der Waals surface area contributed by atoms with Crippen molar-refractivity contribution < 1.29 is 9.90 Å². The predicted octanol–water partition coefficient (Wildman–Crippen LogP) is 5.06. The predicted molar refractivity (Wildman–Crippen MR) is 87.2 cm³/mol. The van der Waals surface area contributed by atoms with E-state index < -0.39 is 5.97 Å². The van der Waals surface area contributed by atoms with Crippen LogP contribution in [0.25, 0.3) is 0 Å². The van der Waals surface area contributed by atoms with Gasteiger partial charge in [0.15, 0.2) is 0 Å². The van der Waals surface area contributed by atoms with Crippen LogP contribution in [0.4, 0.5) is 5.69 Å². The van der Waals surface area contributed by atoms with Gasteiger partial charge in [-0.2, -0.15) is 0 Å². The highest BCUT2D eigenvalue weighted by molar-refractivity contribution is 6.31. The van der Waals surface area contributed by atoms with Crippen LogP contribution in [0.1, 0.15) is 57.3 Å². The second-order valence-electron chi connectivity index (χ2n) is 7.75. The molecule has 3 nitrogen and oxygen atoms in total. The van der Waals surface area contributed by atoms with E-state index in [-0.39, 0.29) is 22.4 Å². The van der Waals surface area contributed by atoms with E-state index >= 15 is 0 Å². The first-order chi connectivity index (χ1) is 9.58.